The van der Waals surface area contributed by atoms with Gasteiger partial charge in [0.15, 0.2) is 0 Å². The molecule has 0 N–H and O–H groups in total. The molecule has 9 aromatic rings. The number of rotatable bonds is 6. The molecule has 10 rings (SSSR count). The van der Waals surface area contributed by atoms with Gasteiger partial charge in [0.05, 0.1) is 5.69 Å². The Bertz CT molecular complexity index is 3160. The first-order valence-corrected chi connectivity index (χ1v) is 19.2. The van der Waals surface area contributed by atoms with E-state index in [0.29, 0.717) is 0 Å². The second-order valence-corrected chi connectivity index (χ2v) is 14.8. The van der Waals surface area contributed by atoms with Crippen LogP contribution in [0.25, 0.3) is 82.9 Å². The van der Waals surface area contributed by atoms with Crippen LogP contribution in [0.5, 0.6) is 0 Å². The lowest BCUT2D eigenvalue weighted by Gasteiger charge is -2.27. The van der Waals surface area contributed by atoms with E-state index in [1.807, 2.05) is 18.2 Å². The molecular weight excluding hydrogens is 691 g/mol. The van der Waals surface area contributed by atoms with E-state index in [-0.39, 0.29) is 5.57 Å². The van der Waals surface area contributed by atoms with Crippen LogP contribution >= 0.6 is 0 Å². The van der Waals surface area contributed by atoms with E-state index in [0.717, 1.165) is 38.8 Å². The van der Waals surface area contributed by atoms with Crippen molar-refractivity contribution in [3.8, 4) is 56.6 Å². The summed E-state index contributed by atoms with van der Waals surface area (Å²) in [4.78, 5) is 2.37. The SMILES string of the molecule is Cc1ccccc1-c1c2c(c(-c3ccccc3C)c3cc4cc(C=C(C#N)C#N)ccc4cc13)-c1ccc(N(c3ccccc3)c3ccccc3)c3cccc-2c13. The van der Waals surface area contributed by atoms with E-state index in [9.17, 15) is 10.5 Å². The molecule has 0 aliphatic heterocycles. The third-order valence-electron chi connectivity index (χ3n) is 11.5. The van der Waals surface area contributed by atoms with Crippen LogP contribution in [0.4, 0.5) is 17.1 Å². The smallest absolute Gasteiger partial charge is 0.130 e. The van der Waals surface area contributed by atoms with Gasteiger partial charge in [-0.25, -0.2) is 0 Å². The van der Waals surface area contributed by atoms with Crippen LogP contribution in [0, 0.1) is 36.5 Å². The number of aryl methyl sites for hydroxylation is 2. The highest BCUT2D eigenvalue weighted by molar-refractivity contribution is 6.30. The molecule has 0 unspecified atom stereocenters. The molecule has 266 valence electrons. The zero-order valence-electron chi connectivity index (χ0n) is 31.6. The Labute approximate surface area is 332 Å². The monoisotopic (exact) mass is 725 g/mol. The fourth-order valence-corrected chi connectivity index (χ4v) is 8.98. The molecule has 0 radical (unpaired) electrons. The van der Waals surface area contributed by atoms with Crippen molar-refractivity contribution in [1.82, 2.24) is 0 Å². The molecule has 3 nitrogen and oxygen atoms in total. The minimum Gasteiger partial charge on any atom is -0.310 e. The minimum absolute atomic E-state index is 0.0821. The summed E-state index contributed by atoms with van der Waals surface area (Å²) >= 11 is 0. The third kappa shape index (κ3) is 5.41. The molecule has 0 aromatic heterocycles. The Balaban J connectivity index is 1.37. The molecule has 0 saturated heterocycles. The Morgan fingerprint density at radius 1 is 0.456 bits per heavy atom. The van der Waals surface area contributed by atoms with Gasteiger partial charge in [0, 0.05) is 16.8 Å². The Kier molecular flexibility index (Phi) is 8.03. The zero-order chi connectivity index (χ0) is 38.6. The van der Waals surface area contributed by atoms with E-state index in [2.05, 4.69) is 183 Å². The molecule has 1 aliphatic rings. The Hall–Kier alpha value is -7.72. The molecule has 0 atom stereocenters. The normalized spacial score (nSPS) is 11.3. The first kappa shape index (κ1) is 33.8. The van der Waals surface area contributed by atoms with Crippen molar-refractivity contribution in [3.63, 3.8) is 0 Å². The van der Waals surface area contributed by atoms with E-state index in [4.69, 9.17) is 0 Å². The van der Waals surface area contributed by atoms with Crippen molar-refractivity contribution in [2.24, 2.45) is 0 Å². The Morgan fingerprint density at radius 2 is 0.982 bits per heavy atom. The summed E-state index contributed by atoms with van der Waals surface area (Å²) in [5, 5.41) is 26.0. The summed E-state index contributed by atoms with van der Waals surface area (Å²) in [6.07, 6.45) is 1.66. The number of hydrogen-bond acceptors (Lipinski definition) is 3. The quantitative estimate of drug-likeness (QED) is 0.127. The van der Waals surface area contributed by atoms with Crippen LogP contribution in [0.1, 0.15) is 16.7 Å². The topological polar surface area (TPSA) is 50.8 Å². The number of para-hydroxylation sites is 2. The second-order valence-electron chi connectivity index (χ2n) is 14.8. The average molecular weight is 726 g/mol. The van der Waals surface area contributed by atoms with Gasteiger partial charge in [-0.1, -0.05) is 121 Å². The molecule has 0 spiro atoms. The van der Waals surface area contributed by atoms with Crippen LogP contribution in [0.3, 0.4) is 0 Å². The predicted octanol–water partition coefficient (Wildman–Crippen LogP) is 14.6. The first-order valence-electron chi connectivity index (χ1n) is 19.2. The van der Waals surface area contributed by atoms with Gasteiger partial charge in [0.2, 0.25) is 0 Å². The van der Waals surface area contributed by atoms with E-state index < -0.39 is 0 Å². The predicted molar refractivity (Wildman–Crippen MR) is 238 cm³/mol. The summed E-state index contributed by atoms with van der Waals surface area (Å²) in [5.74, 6) is 0. The summed E-state index contributed by atoms with van der Waals surface area (Å²) in [5.41, 5.74) is 16.5. The van der Waals surface area contributed by atoms with Crippen LogP contribution in [0.15, 0.2) is 175 Å². The van der Waals surface area contributed by atoms with Gasteiger partial charge in [-0.3, -0.25) is 0 Å². The highest BCUT2D eigenvalue weighted by atomic mass is 15.1. The van der Waals surface area contributed by atoms with Crippen LogP contribution in [0.2, 0.25) is 0 Å². The molecule has 3 heteroatoms. The largest absolute Gasteiger partial charge is 0.310 e. The van der Waals surface area contributed by atoms with Gasteiger partial charge in [0.25, 0.3) is 0 Å². The first-order chi connectivity index (χ1) is 28.0. The number of anilines is 3. The molecular formula is C54H35N3. The summed E-state index contributed by atoms with van der Waals surface area (Å²) < 4.78 is 0. The highest BCUT2D eigenvalue weighted by Crippen LogP contribution is 2.60. The summed E-state index contributed by atoms with van der Waals surface area (Å²) in [7, 11) is 0. The van der Waals surface area contributed by atoms with Crippen molar-refractivity contribution < 1.29 is 0 Å². The van der Waals surface area contributed by atoms with Gasteiger partial charge in [0.1, 0.15) is 17.7 Å². The third-order valence-corrected chi connectivity index (χ3v) is 11.5. The maximum atomic E-state index is 9.54. The van der Waals surface area contributed by atoms with E-state index in [1.165, 1.54) is 71.8 Å². The second kappa shape index (κ2) is 13.5. The van der Waals surface area contributed by atoms with Crippen LogP contribution < -0.4 is 4.90 Å². The number of benzene rings is 9. The van der Waals surface area contributed by atoms with Gasteiger partial charge in [-0.2, -0.15) is 10.5 Å². The average Bonchev–Trinajstić information content (AvgIpc) is 3.58. The van der Waals surface area contributed by atoms with Crippen molar-refractivity contribution in [2.75, 3.05) is 4.90 Å². The number of hydrogen-bond donors (Lipinski definition) is 0. The van der Waals surface area contributed by atoms with E-state index >= 15 is 0 Å². The van der Waals surface area contributed by atoms with Crippen molar-refractivity contribution in [1.29, 1.82) is 10.5 Å². The number of nitriles is 2. The molecule has 0 amide bonds. The summed E-state index contributed by atoms with van der Waals surface area (Å²) in [6, 6.07) is 65.1. The molecule has 57 heavy (non-hydrogen) atoms. The molecule has 0 saturated carbocycles. The summed E-state index contributed by atoms with van der Waals surface area (Å²) in [6.45, 7) is 4.42. The van der Waals surface area contributed by atoms with Crippen molar-refractivity contribution in [2.45, 2.75) is 13.8 Å². The fraction of sp³-hybridized carbons (Fsp3) is 0.0370. The van der Waals surface area contributed by atoms with Crippen LogP contribution in [-0.4, -0.2) is 0 Å². The minimum atomic E-state index is 0.0821. The maximum absolute atomic E-state index is 9.54. The number of nitrogens with zero attached hydrogens (tertiary/aromatic N) is 3. The number of fused-ring (bicyclic) bond motifs is 5. The molecule has 0 bridgehead atoms. The molecule has 0 heterocycles. The maximum Gasteiger partial charge on any atom is 0.130 e. The van der Waals surface area contributed by atoms with E-state index in [1.54, 1.807) is 6.08 Å². The standard InChI is InChI=1S/C54H35N3/c1-34-14-9-11-20-42(34)51-47-30-38-25-24-36(28-37(32-55)33-56)29-39(38)31-48(47)52(43-21-12-10-15-35(43)2)54-46-26-27-49(44-22-13-23-45(50(44)46)53(51)54)57(40-16-5-3-6-17-40)41-18-7-4-8-19-41/h3-31H,1-2H3. The molecule has 9 aromatic carbocycles. The lowest BCUT2D eigenvalue weighted by atomic mass is 9.80. The number of allylic oxidation sites excluding steroid dienone is 1. The van der Waals surface area contributed by atoms with Crippen molar-refractivity contribution in [3.05, 3.63) is 192 Å². The highest BCUT2D eigenvalue weighted by Gasteiger charge is 2.33. The lowest BCUT2D eigenvalue weighted by Crippen LogP contribution is -2.10. The van der Waals surface area contributed by atoms with Gasteiger partial charge >= 0.3 is 0 Å². The van der Waals surface area contributed by atoms with Gasteiger partial charge < -0.3 is 4.90 Å². The van der Waals surface area contributed by atoms with Gasteiger partial charge in [-0.05, 0) is 157 Å². The molecule has 0 fully saturated rings. The molecule has 1 aliphatic carbocycles. The fourth-order valence-electron chi connectivity index (χ4n) is 8.98. The zero-order valence-corrected chi connectivity index (χ0v) is 31.6. The van der Waals surface area contributed by atoms with Gasteiger partial charge in [-0.15, -0.1) is 0 Å². The lowest BCUT2D eigenvalue weighted by molar-refractivity contribution is 1.30. The Morgan fingerprint density at radius 3 is 1.56 bits per heavy atom. The van der Waals surface area contributed by atoms with Crippen LogP contribution in [-0.2, 0) is 0 Å². The van der Waals surface area contributed by atoms with Crippen molar-refractivity contribution >= 4 is 55.5 Å².